The number of hydrogen-bond donors (Lipinski definition) is 2. The zero-order valence-corrected chi connectivity index (χ0v) is 12.3. The summed E-state index contributed by atoms with van der Waals surface area (Å²) in [6, 6.07) is 6.68. The zero-order valence-electron chi connectivity index (χ0n) is 10.7. The van der Waals surface area contributed by atoms with Gasteiger partial charge in [0.05, 0.1) is 16.3 Å². The lowest BCUT2D eigenvalue weighted by atomic mass is 10.2. The van der Waals surface area contributed by atoms with Gasteiger partial charge in [0, 0.05) is 11.8 Å². The van der Waals surface area contributed by atoms with Gasteiger partial charge in [-0.15, -0.1) is 0 Å². The van der Waals surface area contributed by atoms with Gasteiger partial charge in [-0.25, -0.2) is 0 Å². The molecule has 0 saturated carbocycles. The van der Waals surface area contributed by atoms with Crippen LogP contribution in [0.15, 0.2) is 24.3 Å². The van der Waals surface area contributed by atoms with Crippen LogP contribution in [0.4, 0.5) is 0 Å². The van der Waals surface area contributed by atoms with Crippen molar-refractivity contribution in [1.82, 2.24) is 5.32 Å². The van der Waals surface area contributed by atoms with E-state index in [1.807, 2.05) is 6.92 Å². The minimum Gasteiger partial charge on any atom is -0.327 e. The topological polar surface area (TPSA) is 72.2 Å². The minimum atomic E-state index is -0.476. The molecule has 104 valence electrons. The summed E-state index contributed by atoms with van der Waals surface area (Å²) in [7, 11) is 0. The Bertz CT molecular complexity index is 454. The fourth-order valence-corrected chi connectivity index (χ4v) is 2.43. The molecular weight excluding hydrogens is 284 g/mol. The van der Waals surface area contributed by atoms with E-state index in [4.69, 9.17) is 17.3 Å². The number of rotatable bonds is 6. The number of benzene rings is 1. The van der Waals surface area contributed by atoms with Crippen LogP contribution in [0.3, 0.4) is 0 Å². The summed E-state index contributed by atoms with van der Waals surface area (Å²) in [6.45, 7) is 1.99. The van der Waals surface area contributed by atoms with Crippen LogP contribution in [0.1, 0.15) is 23.7 Å². The molecule has 4 nitrogen and oxygen atoms in total. The lowest BCUT2D eigenvalue weighted by Crippen LogP contribution is -2.32. The van der Waals surface area contributed by atoms with Gasteiger partial charge >= 0.3 is 0 Å². The molecule has 0 bridgehead atoms. The van der Waals surface area contributed by atoms with Gasteiger partial charge in [-0.3, -0.25) is 14.9 Å². The third kappa shape index (κ3) is 5.63. The molecule has 0 fully saturated rings. The van der Waals surface area contributed by atoms with Gasteiger partial charge in [-0.05, 0) is 18.6 Å². The maximum Gasteiger partial charge on any atom is 0.259 e. The van der Waals surface area contributed by atoms with Crippen LogP contribution in [-0.2, 0) is 4.79 Å². The third-order valence-electron chi connectivity index (χ3n) is 2.46. The van der Waals surface area contributed by atoms with Crippen molar-refractivity contribution in [2.75, 3.05) is 11.5 Å². The zero-order chi connectivity index (χ0) is 14.3. The molecular formula is C13H17ClN2O2S. The average Bonchev–Trinajstić information content (AvgIpc) is 2.38. The quantitative estimate of drug-likeness (QED) is 0.843. The SMILES string of the molecule is CCC(N)CSCC(=O)NC(=O)c1ccccc1Cl. The monoisotopic (exact) mass is 300 g/mol. The smallest absolute Gasteiger partial charge is 0.259 e. The highest BCUT2D eigenvalue weighted by Gasteiger charge is 2.13. The molecule has 1 aromatic rings. The Hall–Kier alpha value is -1.04. The van der Waals surface area contributed by atoms with E-state index in [0.29, 0.717) is 16.3 Å². The predicted molar refractivity (Wildman–Crippen MR) is 79.5 cm³/mol. The van der Waals surface area contributed by atoms with Gasteiger partial charge in [0.2, 0.25) is 5.91 Å². The van der Waals surface area contributed by atoms with E-state index in [1.165, 1.54) is 11.8 Å². The summed E-state index contributed by atoms with van der Waals surface area (Å²) in [6.07, 6.45) is 0.868. The number of carbonyl (C=O) groups excluding carboxylic acids is 2. The predicted octanol–water partition coefficient (Wildman–Crippen LogP) is 2.07. The van der Waals surface area contributed by atoms with E-state index in [-0.39, 0.29) is 17.7 Å². The maximum absolute atomic E-state index is 11.8. The van der Waals surface area contributed by atoms with E-state index < -0.39 is 5.91 Å². The molecule has 0 aliphatic rings. The van der Waals surface area contributed by atoms with Crippen molar-refractivity contribution in [3.05, 3.63) is 34.9 Å². The van der Waals surface area contributed by atoms with Gasteiger partial charge in [0.25, 0.3) is 5.91 Å². The van der Waals surface area contributed by atoms with Crippen LogP contribution >= 0.6 is 23.4 Å². The van der Waals surface area contributed by atoms with Crippen molar-refractivity contribution in [3.8, 4) is 0 Å². The number of nitrogens with two attached hydrogens (primary N) is 1. The van der Waals surface area contributed by atoms with Crippen molar-refractivity contribution in [2.24, 2.45) is 5.73 Å². The van der Waals surface area contributed by atoms with Crippen LogP contribution in [0.5, 0.6) is 0 Å². The van der Waals surface area contributed by atoms with Gasteiger partial charge in [-0.1, -0.05) is 30.7 Å². The highest BCUT2D eigenvalue weighted by atomic mass is 35.5. The molecule has 1 aromatic carbocycles. The summed E-state index contributed by atoms with van der Waals surface area (Å²) >= 11 is 7.29. The number of hydrogen-bond acceptors (Lipinski definition) is 4. The molecule has 0 heterocycles. The number of halogens is 1. The summed E-state index contributed by atoms with van der Waals surface area (Å²) < 4.78 is 0. The first-order chi connectivity index (χ1) is 9.04. The molecule has 0 aliphatic carbocycles. The number of nitrogens with one attached hydrogen (secondary N) is 1. The van der Waals surface area contributed by atoms with Crippen LogP contribution in [0.25, 0.3) is 0 Å². The van der Waals surface area contributed by atoms with Crippen LogP contribution < -0.4 is 11.1 Å². The Labute approximate surface area is 122 Å². The van der Waals surface area contributed by atoms with Crippen molar-refractivity contribution < 1.29 is 9.59 Å². The fourth-order valence-electron chi connectivity index (χ4n) is 1.30. The van der Waals surface area contributed by atoms with Crippen LogP contribution in [-0.4, -0.2) is 29.4 Å². The number of amides is 2. The van der Waals surface area contributed by atoms with E-state index in [2.05, 4.69) is 5.32 Å². The Morgan fingerprint density at radius 3 is 2.74 bits per heavy atom. The highest BCUT2D eigenvalue weighted by Crippen LogP contribution is 2.14. The summed E-state index contributed by atoms with van der Waals surface area (Å²) in [4.78, 5) is 23.4. The summed E-state index contributed by atoms with van der Waals surface area (Å²) in [5.41, 5.74) is 6.03. The van der Waals surface area contributed by atoms with E-state index in [0.717, 1.165) is 6.42 Å². The number of thioether (sulfide) groups is 1. The van der Waals surface area contributed by atoms with Crippen LogP contribution in [0, 0.1) is 0 Å². The van der Waals surface area contributed by atoms with E-state index >= 15 is 0 Å². The van der Waals surface area contributed by atoms with E-state index in [9.17, 15) is 9.59 Å². The normalized spacial score (nSPS) is 11.9. The first-order valence-corrected chi connectivity index (χ1v) is 7.50. The molecule has 6 heteroatoms. The van der Waals surface area contributed by atoms with Crippen molar-refractivity contribution in [3.63, 3.8) is 0 Å². The molecule has 0 radical (unpaired) electrons. The summed E-state index contributed by atoms with van der Waals surface area (Å²) in [5.74, 6) is 0.0999. The highest BCUT2D eigenvalue weighted by molar-refractivity contribution is 8.00. The molecule has 1 rings (SSSR count). The average molecular weight is 301 g/mol. The molecule has 2 amide bonds. The second-order valence-corrected chi connectivity index (χ2v) is 5.48. The Kier molecular flexibility index (Phi) is 6.91. The molecule has 19 heavy (non-hydrogen) atoms. The third-order valence-corrected chi connectivity index (χ3v) is 3.92. The van der Waals surface area contributed by atoms with Gasteiger partial charge in [0.1, 0.15) is 0 Å². The van der Waals surface area contributed by atoms with Crippen molar-refractivity contribution in [1.29, 1.82) is 0 Å². The molecule has 1 unspecified atom stereocenters. The van der Waals surface area contributed by atoms with Gasteiger partial charge < -0.3 is 5.73 Å². The largest absolute Gasteiger partial charge is 0.327 e. The minimum absolute atomic E-state index is 0.0806. The molecule has 0 aliphatic heterocycles. The second kappa shape index (κ2) is 8.19. The van der Waals surface area contributed by atoms with Gasteiger partial charge in [0.15, 0.2) is 0 Å². The van der Waals surface area contributed by atoms with Crippen molar-refractivity contribution >= 4 is 35.2 Å². The molecule has 3 N–H and O–H groups in total. The Balaban J connectivity index is 2.41. The number of carbonyl (C=O) groups is 2. The fraction of sp³-hybridized carbons (Fsp3) is 0.385. The molecule has 0 saturated heterocycles. The Morgan fingerprint density at radius 1 is 1.42 bits per heavy atom. The standard InChI is InChI=1S/C13H17ClN2O2S/c1-2-9(15)7-19-8-12(17)16-13(18)10-5-3-4-6-11(10)14/h3-6,9H,2,7-8,15H2,1H3,(H,16,17,18). The number of imide groups is 1. The van der Waals surface area contributed by atoms with Crippen LogP contribution in [0.2, 0.25) is 5.02 Å². The lowest BCUT2D eigenvalue weighted by molar-refractivity contribution is -0.117. The summed E-state index contributed by atoms with van der Waals surface area (Å²) in [5, 5.41) is 2.63. The van der Waals surface area contributed by atoms with Gasteiger partial charge in [-0.2, -0.15) is 11.8 Å². The molecule has 1 atom stereocenters. The first-order valence-electron chi connectivity index (χ1n) is 5.96. The Morgan fingerprint density at radius 2 is 2.11 bits per heavy atom. The maximum atomic E-state index is 11.8. The lowest BCUT2D eigenvalue weighted by Gasteiger charge is -2.08. The molecule has 0 spiro atoms. The van der Waals surface area contributed by atoms with Crippen molar-refractivity contribution in [2.45, 2.75) is 19.4 Å². The second-order valence-electron chi connectivity index (χ2n) is 4.04. The first kappa shape index (κ1) is 16.0. The molecule has 0 aromatic heterocycles. The van der Waals surface area contributed by atoms with E-state index in [1.54, 1.807) is 24.3 Å².